The highest BCUT2D eigenvalue weighted by Gasteiger charge is 2.21. The largest absolute Gasteiger partial charge is 0.497 e. The molecule has 8 heteroatoms. The van der Waals surface area contributed by atoms with Gasteiger partial charge in [0, 0.05) is 4.88 Å². The Labute approximate surface area is 158 Å². The number of aryl methyl sites for hydroxylation is 2. The molecule has 0 radical (unpaired) electrons. The second-order valence-corrected chi connectivity index (χ2v) is 7.68. The van der Waals surface area contributed by atoms with Crippen molar-refractivity contribution in [3.8, 4) is 11.5 Å². The van der Waals surface area contributed by atoms with E-state index in [1.807, 2.05) is 24.3 Å². The topological polar surface area (TPSA) is 81.5 Å². The summed E-state index contributed by atoms with van der Waals surface area (Å²) in [6, 6.07) is 7.32. The third-order valence-electron chi connectivity index (χ3n) is 4.89. The summed E-state index contributed by atoms with van der Waals surface area (Å²) in [7, 11) is 1.62. The molecule has 0 bridgehead atoms. The number of H-pyrrole nitrogens is 1. The number of rotatable bonds is 4. The lowest BCUT2D eigenvalue weighted by atomic mass is 9.97. The van der Waals surface area contributed by atoms with E-state index in [1.165, 1.54) is 27.8 Å². The molecule has 0 spiro atoms. The molecular weight excluding hydrogens is 364 g/mol. The van der Waals surface area contributed by atoms with E-state index < -0.39 is 0 Å². The zero-order chi connectivity index (χ0) is 18.4. The molecule has 4 aromatic rings. The van der Waals surface area contributed by atoms with Gasteiger partial charge in [-0.2, -0.15) is 4.52 Å². The molecule has 138 valence electrons. The molecule has 1 aliphatic carbocycles. The standard InChI is InChI=1S/C19H18N4O3S/c1-25-11-6-8-12(9-7-11)26-10-15-20-17-16-13-4-2-3-5-14(13)27-18(16)21-19(24)23(17)22-15/h6-9H,2-5,10H2,1H3,(H,21,24). The number of aromatic amines is 1. The number of nitrogens with zero attached hydrogens (tertiary/aromatic N) is 3. The van der Waals surface area contributed by atoms with Gasteiger partial charge in [-0.25, -0.2) is 9.78 Å². The summed E-state index contributed by atoms with van der Waals surface area (Å²) in [6.45, 7) is 0.196. The van der Waals surface area contributed by atoms with Crippen LogP contribution in [0.2, 0.25) is 0 Å². The van der Waals surface area contributed by atoms with Crippen molar-refractivity contribution in [2.75, 3.05) is 7.11 Å². The molecule has 0 aliphatic heterocycles. The smallest absolute Gasteiger partial charge is 0.349 e. The summed E-state index contributed by atoms with van der Waals surface area (Å²) in [5, 5.41) is 5.40. The van der Waals surface area contributed by atoms with E-state index in [0.717, 1.165) is 28.8 Å². The monoisotopic (exact) mass is 382 g/mol. The first kappa shape index (κ1) is 16.3. The van der Waals surface area contributed by atoms with Gasteiger partial charge in [-0.05, 0) is 55.5 Å². The Balaban J connectivity index is 1.52. The average Bonchev–Trinajstić information content (AvgIpc) is 3.28. The number of fused-ring (bicyclic) bond motifs is 5. The highest BCUT2D eigenvalue weighted by Crippen LogP contribution is 2.36. The number of benzene rings is 1. The number of hydrogen-bond donors (Lipinski definition) is 1. The van der Waals surface area contributed by atoms with Gasteiger partial charge in [-0.3, -0.25) is 4.98 Å². The fourth-order valence-corrected chi connectivity index (χ4v) is 4.85. The van der Waals surface area contributed by atoms with Gasteiger partial charge in [0.05, 0.1) is 12.5 Å². The van der Waals surface area contributed by atoms with Crippen LogP contribution in [0.4, 0.5) is 0 Å². The third-order valence-corrected chi connectivity index (χ3v) is 6.09. The van der Waals surface area contributed by atoms with E-state index >= 15 is 0 Å². The first-order valence-electron chi connectivity index (χ1n) is 8.92. The molecule has 3 heterocycles. The van der Waals surface area contributed by atoms with Gasteiger partial charge in [0.2, 0.25) is 0 Å². The number of thiophene rings is 1. The van der Waals surface area contributed by atoms with Crippen molar-refractivity contribution in [1.82, 2.24) is 19.6 Å². The maximum atomic E-state index is 12.4. The normalized spacial score (nSPS) is 13.8. The SMILES string of the molecule is COc1ccc(OCc2nc3c4c5c(sc4[nH]c(=O)n3n2)CCCC5)cc1. The molecule has 27 heavy (non-hydrogen) atoms. The molecule has 0 saturated heterocycles. The van der Waals surface area contributed by atoms with Crippen molar-refractivity contribution in [3.63, 3.8) is 0 Å². The lowest BCUT2D eigenvalue weighted by Gasteiger charge is -2.09. The van der Waals surface area contributed by atoms with Gasteiger partial charge in [0.25, 0.3) is 0 Å². The summed E-state index contributed by atoms with van der Waals surface area (Å²) in [4.78, 5) is 22.3. The highest BCUT2D eigenvalue weighted by molar-refractivity contribution is 7.19. The Kier molecular flexibility index (Phi) is 3.86. The van der Waals surface area contributed by atoms with Crippen molar-refractivity contribution >= 4 is 27.2 Å². The minimum absolute atomic E-state index is 0.196. The Morgan fingerprint density at radius 1 is 1.19 bits per heavy atom. The molecule has 5 rings (SSSR count). The fraction of sp³-hybridized carbons (Fsp3) is 0.316. The van der Waals surface area contributed by atoms with Gasteiger partial charge < -0.3 is 9.47 Å². The molecule has 0 atom stereocenters. The summed E-state index contributed by atoms with van der Waals surface area (Å²) >= 11 is 1.67. The Bertz CT molecular complexity index is 1190. The number of hydrogen-bond acceptors (Lipinski definition) is 6. The molecule has 7 nitrogen and oxygen atoms in total. The van der Waals surface area contributed by atoms with E-state index in [0.29, 0.717) is 17.2 Å². The van der Waals surface area contributed by atoms with Crippen molar-refractivity contribution < 1.29 is 9.47 Å². The lowest BCUT2D eigenvalue weighted by molar-refractivity contribution is 0.295. The van der Waals surface area contributed by atoms with Crippen LogP contribution in [-0.4, -0.2) is 26.7 Å². The summed E-state index contributed by atoms with van der Waals surface area (Å²) < 4.78 is 12.3. The maximum absolute atomic E-state index is 12.4. The molecule has 0 amide bonds. The second-order valence-electron chi connectivity index (χ2n) is 6.57. The molecular formula is C19H18N4O3S. The van der Waals surface area contributed by atoms with Gasteiger partial charge in [-0.15, -0.1) is 16.4 Å². The Hall–Kier alpha value is -2.87. The molecule has 1 N–H and O–H groups in total. The zero-order valence-corrected chi connectivity index (χ0v) is 15.6. The van der Waals surface area contributed by atoms with Crippen LogP contribution in [-0.2, 0) is 19.4 Å². The van der Waals surface area contributed by atoms with Crippen LogP contribution in [0.5, 0.6) is 11.5 Å². The van der Waals surface area contributed by atoms with Gasteiger partial charge in [0.15, 0.2) is 11.5 Å². The molecule has 0 saturated carbocycles. The summed E-state index contributed by atoms with van der Waals surface area (Å²) in [5.41, 5.74) is 1.68. The number of aromatic nitrogens is 4. The molecule has 3 aromatic heterocycles. The van der Waals surface area contributed by atoms with Crippen molar-refractivity contribution in [2.24, 2.45) is 0 Å². The molecule has 1 aliphatic rings. The zero-order valence-electron chi connectivity index (χ0n) is 14.8. The quantitative estimate of drug-likeness (QED) is 0.587. The summed E-state index contributed by atoms with van der Waals surface area (Å²) in [5.74, 6) is 1.95. The number of ether oxygens (including phenoxy) is 2. The number of methoxy groups -OCH3 is 1. The highest BCUT2D eigenvalue weighted by atomic mass is 32.1. The van der Waals surface area contributed by atoms with E-state index in [1.54, 1.807) is 18.4 Å². The molecule has 0 fully saturated rings. The van der Waals surface area contributed by atoms with E-state index in [9.17, 15) is 4.79 Å². The van der Waals surface area contributed by atoms with Gasteiger partial charge in [-0.1, -0.05) is 0 Å². The van der Waals surface area contributed by atoms with Crippen molar-refractivity contribution in [2.45, 2.75) is 32.3 Å². The Morgan fingerprint density at radius 3 is 2.78 bits per heavy atom. The van der Waals surface area contributed by atoms with Crippen LogP contribution in [0, 0.1) is 0 Å². The maximum Gasteiger partial charge on any atom is 0.349 e. The predicted octanol–water partition coefficient (Wildman–Crippen LogP) is 3.10. The summed E-state index contributed by atoms with van der Waals surface area (Å²) in [6.07, 6.45) is 4.48. The van der Waals surface area contributed by atoms with Gasteiger partial charge >= 0.3 is 5.69 Å². The van der Waals surface area contributed by atoms with Gasteiger partial charge in [0.1, 0.15) is 22.9 Å². The van der Waals surface area contributed by atoms with Crippen LogP contribution in [0.15, 0.2) is 29.1 Å². The Morgan fingerprint density at radius 2 is 1.96 bits per heavy atom. The van der Waals surface area contributed by atoms with Crippen LogP contribution in [0.25, 0.3) is 15.9 Å². The van der Waals surface area contributed by atoms with Crippen LogP contribution >= 0.6 is 11.3 Å². The second kappa shape index (κ2) is 6.38. The average molecular weight is 382 g/mol. The lowest BCUT2D eigenvalue weighted by Crippen LogP contribution is -2.17. The number of nitrogens with one attached hydrogen (secondary N) is 1. The minimum atomic E-state index is -0.265. The van der Waals surface area contributed by atoms with E-state index in [-0.39, 0.29) is 12.3 Å². The van der Waals surface area contributed by atoms with Crippen LogP contribution in [0.3, 0.4) is 0 Å². The first-order chi connectivity index (χ1) is 13.2. The fourth-order valence-electron chi connectivity index (χ4n) is 3.58. The first-order valence-corrected chi connectivity index (χ1v) is 9.73. The minimum Gasteiger partial charge on any atom is -0.497 e. The van der Waals surface area contributed by atoms with E-state index in [4.69, 9.17) is 9.47 Å². The van der Waals surface area contributed by atoms with Crippen molar-refractivity contribution in [1.29, 1.82) is 0 Å². The van der Waals surface area contributed by atoms with E-state index in [2.05, 4.69) is 15.1 Å². The molecule has 1 aromatic carbocycles. The molecule has 0 unspecified atom stereocenters. The predicted molar refractivity (Wildman–Crippen MR) is 103 cm³/mol. The van der Waals surface area contributed by atoms with Crippen molar-refractivity contribution in [3.05, 3.63) is 51.0 Å². The van der Waals surface area contributed by atoms with Crippen LogP contribution in [0.1, 0.15) is 29.1 Å². The third kappa shape index (κ3) is 2.76. The van der Waals surface area contributed by atoms with Crippen LogP contribution < -0.4 is 15.2 Å².